The van der Waals surface area contributed by atoms with E-state index in [9.17, 15) is 18.3 Å². The molecule has 1 rings (SSSR count). The van der Waals surface area contributed by atoms with Crippen LogP contribution in [0.5, 0.6) is 5.75 Å². The number of ether oxygens (including phenoxy) is 1. The smallest absolute Gasteiger partial charge is 0.200 e. The molecule has 5 heteroatoms. The SMILES string of the molecule is C=C(/C=C\C(=C)C(=C)/C(F)=C(/F)C(=C)OCC)/C=C/c1ccc(O)cc1F. The lowest BCUT2D eigenvalue weighted by Crippen LogP contribution is -1.95. The predicted octanol–water partition coefficient (Wildman–Crippen LogP) is 6.47. The van der Waals surface area contributed by atoms with E-state index in [0.717, 1.165) is 6.07 Å². The van der Waals surface area contributed by atoms with Gasteiger partial charge in [-0.3, -0.25) is 0 Å². The molecule has 0 aromatic heterocycles. The Morgan fingerprint density at radius 1 is 1.07 bits per heavy atom. The topological polar surface area (TPSA) is 29.5 Å². The zero-order valence-corrected chi connectivity index (χ0v) is 15.1. The summed E-state index contributed by atoms with van der Waals surface area (Å²) in [5, 5.41) is 9.18. The number of allylic oxidation sites excluding steroid dienone is 8. The highest BCUT2D eigenvalue weighted by atomic mass is 19.2. The summed E-state index contributed by atoms with van der Waals surface area (Å²) < 4.78 is 46.3. The van der Waals surface area contributed by atoms with Gasteiger partial charge in [-0.15, -0.1) is 0 Å². The Balaban J connectivity index is 2.80. The van der Waals surface area contributed by atoms with Crippen LogP contribution in [0.1, 0.15) is 12.5 Å². The number of aromatic hydroxyl groups is 1. The zero-order chi connectivity index (χ0) is 20.6. The number of benzene rings is 1. The monoisotopic (exact) mass is 374 g/mol. The zero-order valence-electron chi connectivity index (χ0n) is 15.1. The van der Waals surface area contributed by atoms with Crippen LogP contribution in [-0.4, -0.2) is 11.7 Å². The molecule has 0 bridgehead atoms. The van der Waals surface area contributed by atoms with Crippen molar-refractivity contribution in [1.82, 2.24) is 0 Å². The van der Waals surface area contributed by atoms with Gasteiger partial charge in [0.15, 0.2) is 11.6 Å². The van der Waals surface area contributed by atoms with Gasteiger partial charge in [0.05, 0.1) is 6.61 Å². The Morgan fingerprint density at radius 2 is 1.74 bits per heavy atom. The maximum absolute atomic E-state index is 14.1. The van der Waals surface area contributed by atoms with E-state index < -0.39 is 23.2 Å². The molecular weight excluding hydrogens is 353 g/mol. The maximum Gasteiger partial charge on any atom is 0.200 e. The predicted molar refractivity (Wildman–Crippen MR) is 104 cm³/mol. The fourth-order valence-corrected chi connectivity index (χ4v) is 1.85. The van der Waals surface area contributed by atoms with Crippen LogP contribution < -0.4 is 0 Å². The minimum absolute atomic E-state index is 0.123. The van der Waals surface area contributed by atoms with Gasteiger partial charge in [0, 0.05) is 17.2 Å². The van der Waals surface area contributed by atoms with E-state index in [4.69, 9.17) is 4.74 Å². The Hall–Kier alpha value is -3.21. The summed E-state index contributed by atoms with van der Waals surface area (Å²) >= 11 is 0. The highest BCUT2D eigenvalue weighted by molar-refractivity contribution is 5.57. The van der Waals surface area contributed by atoms with Crippen LogP contribution >= 0.6 is 0 Å². The van der Waals surface area contributed by atoms with Gasteiger partial charge >= 0.3 is 0 Å². The van der Waals surface area contributed by atoms with Crippen molar-refractivity contribution in [2.75, 3.05) is 6.61 Å². The quantitative estimate of drug-likeness (QED) is 0.396. The van der Waals surface area contributed by atoms with Crippen LogP contribution in [0, 0.1) is 5.82 Å². The van der Waals surface area contributed by atoms with E-state index in [0.29, 0.717) is 5.57 Å². The molecule has 0 saturated carbocycles. The first-order chi connectivity index (χ1) is 12.7. The van der Waals surface area contributed by atoms with Crippen LogP contribution in [-0.2, 0) is 4.74 Å². The van der Waals surface area contributed by atoms with Gasteiger partial charge in [0.2, 0.25) is 5.83 Å². The second-order valence-electron chi connectivity index (χ2n) is 5.44. The molecule has 0 radical (unpaired) electrons. The van der Waals surface area contributed by atoms with Gasteiger partial charge in [0.25, 0.3) is 0 Å². The molecule has 142 valence electrons. The third-order valence-electron chi connectivity index (χ3n) is 3.37. The fourth-order valence-electron chi connectivity index (χ4n) is 1.85. The molecule has 0 unspecified atom stereocenters. The van der Waals surface area contributed by atoms with E-state index in [1.165, 1.54) is 36.4 Å². The molecule has 1 aromatic carbocycles. The average molecular weight is 374 g/mol. The number of phenols is 1. The molecular formula is C22H21F3O2. The third-order valence-corrected chi connectivity index (χ3v) is 3.37. The fraction of sp³-hybridized carbons (Fsp3) is 0.0909. The summed E-state index contributed by atoms with van der Waals surface area (Å²) in [7, 11) is 0. The molecule has 0 aliphatic carbocycles. The Bertz CT molecular complexity index is 858. The van der Waals surface area contributed by atoms with Crippen molar-refractivity contribution in [3.05, 3.63) is 108 Å². The molecule has 0 heterocycles. The van der Waals surface area contributed by atoms with Gasteiger partial charge < -0.3 is 9.84 Å². The molecule has 0 aliphatic rings. The second-order valence-corrected chi connectivity index (χ2v) is 5.44. The van der Waals surface area contributed by atoms with E-state index in [1.807, 2.05) is 0 Å². The summed E-state index contributed by atoms with van der Waals surface area (Å²) in [5.41, 5.74) is 0.583. The molecule has 2 nitrogen and oxygen atoms in total. The normalized spacial score (nSPS) is 12.1. The molecule has 0 saturated heterocycles. The molecule has 27 heavy (non-hydrogen) atoms. The van der Waals surface area contributed by atoms with Gasteiger partial charge in [-0.2, -0.15) is 4.39 Å². The van der Waals surface area contributed by atoms with E-state index in [1.54, 1.807) is 6.92 Å². The first-order valence-corrected chi connectivity index (χ1v) is 7.96. The summed E-state index contributed by atoms with van der Waals surface area (Å²) in [6.07, 6.45) is 5.88. The van der Waals surface area contributed by atoms with Gasteiger partial charge in [-0.1, -0.05) is 50.6 Å². The van der Waals surface area contributed by atoms with Crippen molar-refractivity contribution in [3.8, 4) is 5.75 Å². The van der Waals surface area contributed by atoms with Crippen molar-refractivity contribution in [3.63, 3.8) is 0 Å². The Labute approximate surface area is 157 Å². The molecule has 0 spiro atoms. The van der Waals surface area contributed by atoms with Crippen molar-refractivity contribution in [1.29, 1.82) is 0 Å². The van der Waals surface area contributed by atoms with Crippen molar-refractivity contribution >= 4 is 6.08 Å². The van der Waals surface area contributed by atoms with Gasteiger partial charge in [-0.25, -0.2) is 8.78 Å². The number of phenolic OH excluding ortho intramolecular Hbond substituents is 1. The molecule has 0 amide bonds. The lowest BCUT2D eigenvalue weighted by Gasteiger charge is -2.08. The third kappa shape index (κ3) is 6.55. The van der Waals surface area contributed by atoms with Crippen LogP contribution in [0.4, 0.5) is 13.2 Å². The summed E-state index contributed by atoms with van der Waals surface area (Å²) in [6, 6.07) is 3.75. The first kappa shape index (κ1) is 21.8. The van der Waals surface area contributed by atoms with Crippen LogP contribution in [0.2, 0.25) is 0 Å². The molecule has 0 atom stereocenters. The Kier molecular flexibility index (Phi) is 8.14. The van der Waals surface area contributed by atoms with E-state index in [2.05, 4.69) is 26.3 Å². The van der Waals surface area contributed by atoms with E-state index >= 15 is 0 Å². The van der Waals surface area contributed by atoms with Crippen molar-refractivity contribution < 1.29 is 23.0 Å². The highest BCUT2D eigenvalue weighted by Crippen LogP contribution is 2.27. The minimum atomic E-state index is -1.24. The average Bonchev–Trinajstić information content (AvgIpc) is 2.63. The van der Waals surface area contributed by atoms with Crippen molar-refractivity contribution in [2.45, 2.75) is 6.92 Å². The standard InChI is InChI=1S/C22H21F3O2/c1-6-27-17(5)22(25)21(24)16(4)15(3)9-7-14(2)8-10-18-11-12-19(26)13-20(18)23/h7-13,26H,2-6H2,1H3/b9-7-,10-8+,22-21-. The lowest BCUT2D eigenvalue weighted by atomic mass is 10.1. The van der Waals surface area contributed by atoms with Gasteiger partial charge in [-0.05, 0) is 30.2 Å². The molecule has 1 N–H and O–H groups in total. The molecule has 0 aliphatic heterocycles. The van der Waals surface area contributed by atoms with E-state index in [-0.39, 0.29) is 29.1 Å². The second kappa shape index (κ2) is 10.1. The van der Waals surface area contributed by atoms with Crippen LogP contribution in [0.25, 0.3) is 6.08 Å². The molecule has 1 aromatic rings. The van der Waals surface area contributed by atoms with Gasteiger partial charge in [0.1, 0.15) is 11.6 Å². The lowest BCUT2D eigenvalue weighted by molar-refractivity contribution is 0.224. The van der Waals surface area contributed by atoms with Crippen LogP contribution in [0.3, 0.4) is 0 Å². The largest absolute Gasteiger partial charge is 0.508 e. The first-order valence-electron chi connectivity index (χ1n) is 7.96. The summed E-state index contributed by atoms with van der Waals surface area (Å²) in [5.74, 6) is -3.63. The number of rotatable bonds is 9. The Morgan fingerprint density at radius 3 is 2.33 bits per heavy atom. The van der Waals surface area contributed by atoms with Crippen LogP contribution in [0.15, 0.2) is 96.9 Å². The number of halogens is 3. The number of hydrogen-bond donors (Lipinski definition) is 1. The highest BCUT2D eigenvalue weighted by Gasteiger charge is 2.15. The summed E-state index contributed by atoms with van der Waals surface area (Å²) in [6.45, 7) is 15.9. The maximum atomic E-state index is 14.1. The number of hydrogen-bond acceptors (Lipinski definition) is 2. The summed E-state index contributed by atoms with van der Waals surface area (Å²) in [4.78, 5) is 0. The molecule has 0 fully saturated rings. The minimum Gasteiger partial charge on any atom is -0.508 e. The van der Waals surface area contributed by atoms with Crippen molar-refractivity contribution in [2.24, 2.45) is 0 Å².